The van der Waals surface area contributed by atoms with Crippen molar-refractivity contribution in [1.29, 1.82) is 0 Å². The Labute approximate surface area is 111 Å². The predicted octanol–water partition coefficient (Wildman–Crippen LogP) is 2.80. The molecule has 17 heavy (non-hydrogen) atoms. The van der Waals surface area contributed by atoms with Gasteiger partial charge in [-0.05, 0) is 55.4 Å². The van der Waals surface area contributed by atoms with Gasteiger partial charge >= 0.3 is 0 Å². The lowest BCUT2D eigenvalue weighted by molar-refractivity contribution is -0.115. The zero-order valence-corrected chi connectivity index (χ0v) is 12.9. The fraction of sp³-hybridized carbons (Fsp3) is 0.667. The second-order valence-corrected chi connectivity index (χ2v) is 3.63. The van der Waals surface area contributed by atoms with E-state index in [9.17, 15) is 19.2 Å². The summed E-state index contributed by atoms with van der Waals surface area (Å²) in [6.45, 7) is 12.2. The minimum Gasteiger partial charge on any atom is -0.300 e. The van der Waals surface area contributed by atoms with Crippen LogP contribution in [-0.2, 0) is 19.2 Å². The molecule has 0 N–H and O–H groups in total. The molecule has 0 rings (SSSR count). The molecule has 0 aromatic heterocycles. The van der Waals surface area contributed by atoms with Crippen molar-refractivity contribution in [3.05, 3.63) is 0 Å². The van der Waals surface area contributed by atoms with E-state index in [1.54, 1.807) is 0 Å². The first-order valence-corrected chi connectivity index (χ1v) is 4.82. The molecule has 0 aromatic carbocycles. The van der Waals surface area contributed by atoms with Gasteiger partial charge in [-0.2, -0.15) is 0 Å². The molecular weight excluding hydrogens is 244 g/mol. The van der Waals surface area contributed by atoms with Gasteiger partial charge in [-0.15, -0.1) is 12.4 Å². The van der Waals surface area contributed by atoms with E-state index in [1.807, 2.05) is 0 Å². The number of ketones is 4. The Morgan fingerprint density at radius 3 is 0.412 bits per heavy atom. The topological polar surface area (TPSA) is 68.3 Å². The summed E-state index contributed by atoms with van der Waals surface area (Å²) < 4.78 is 0. The molecule has 0 fully saturated rings. The van der Waals surface area contributed by atoms with Crippen molar-refractivity contribution in [2.45, 2.75) is 55.4 Å². The highest BCUT2D eigenvalue weighted by Gasteiger charge is 1.63. The van der Waals surface area contributed by atoms with Crippen LogP contribution in [0.5, 0.6) is 0 Å². The maximum atomic E-state index is 9.44. The Morgan fingerprint density at radius 1 is 0.412 bits per heavy atom. The third kappa shape index (κ3) is 2370. The number of carbonyl (C=O) groups excluding carboxylic acids is 4. The van der Waals surface area contributed by atoms with Crippen LogP contribution in [-0.4, -0.2) is 23.1 Å². The Kier molecular flexibility index (Phi) is 42.5. The molecule has 0 atom stereocenters. The maximum Gasteiger partial charge on any atom is 0.126 e. The first kappa shape index (κ1) is 29.7. The van der Waals surface area contributed by atoms with E-state index in [0.29, 0.717) is 0 Å². The van der Waals surface area contributed by atoms with Gasteiger partial charge in [0.2, 0.25) is 0 Å². The molecule has 0 heterocycles. The summed E-state index contributed by atoms with van der Waals surface area (Å²) >= 11 is 0. The number of hydrogen-bond donors (Lipinski definition) is 0. The van der Waals surface area contributed by atoms with E-state index in [1.165, 1.54) is 55.4 Å². The monoisotopic (exact) mass is 268 g/mol. The van der Waals surface area contributed by atoms with E-state index >= 15 is 0 Å². The fourth-order valence-electron chi connectivity index (χ4n) is 0. The van der Waals surface area contributed by atoms with Crippen LogP contribution in [0.1, 0.15) is 55.4 Å². The van der Waals surface area contributed by atoms with Gasteiger partial charge in [0.05, 0.1) is 0 Å². The summed E-state index contributed by atoms with van der Waals surface area (Å²) in [5, 5.41) is 0. The van der Waals surface area contributed by atoms with Crippen molar-refractivity contribution in [2.75, 3.05) is 0 Å². The van der Waals surface area contributed by atoms with Gasteiger partial charge in [0.1, 0.15) is 23.1 Å². The lowest BCUT2D eigenvalue weighted by Gasteiger charge is -1.56. The molecule has 0 radical (unpaired) electrons. The first-order valence-electron chi connectivity index (χ1n) is 4.82. The Hall–Kier alpha value is -1.03. The average Bonchev–Trinajstić information content (AvgIpc) is 1.76. The first-order chi connectivity index (χ1) is 6.93. The van der Waals surface area contributed by atoms with E-state index in [-0.39, 0.29) is 35.5 Å². The minimum absolute atomic E-state index is 0. The summed E-state index contributed by atoms with van der Waals surface area (Å²) in [5.41, 5.74) is 0. The third-order valence-corrected chi connectivity index (χ3v) is 0. The molecule has 104 valence electrons. The normalized spacial score (nSPS) is 6.12. The molecule has 0 aliphatic heterocycles. The van der Waals surface area contributed by atoms with Crippen molar-refractivity contribution < 1.29 is 19.2 Å². The second kappa shape index (κ2) is 24.3. The van der Waals surface area contributed by atoms with Crippen LogP contribution < -0.4 is 0 Å². The quantitative estimate of drug-likeness (QED) is 0.677. The van der Waals surface area contributed by atoms with Crippen LogP contribution >= 0.6 is 12.4 Å². The molecular formula is C12H25ClO4. The van der Waals surface area contributed by atoms with Crippen molar-refractivity contribution in [3.63, 3.8) is 0 Å². The highest BCUT2D eigenvalue weighted by molar-refractivity contribution is 5.85. The fourth-order valence-corrected chi connectivity index (χ4v) is 0. The minimum atomic E-state index is 0. The van der Waals surface area contributed by atoms with Gasteiger partial charge in [0, 0.05) is 0 Å². The van der Waals surface area contributed by atoms with Crippen LogP contribution in [0.3, 0.4) is 0 Å². The van der Waals surface area contributed by atoms with Crippen LogP contribution in [0.2, 0.25) is 0 Å². The van der Waals surface area contributed by atoms with Crippen molar-refractivity contribution in [1.82, 2.24) is 0 Å². The number of carbonyl (C=O) groups is 4. The zero-order valence-electron chi connectivity index (χ0n) is 12.0. The molecule has 0 aliphatic carbocycles. The second-order valence-electron chi connectivity index (χ2n) is 3.63. The lowest BCUT2D eigenvalue weighted by atomic mass is 10.6. The van der Waals surface area contributed by atoms with Gasteiger partial charge in [0.15, 0.2) is 0 Å². The molecule has 0 amide bonds. The molecule has 5 heteroatoms. The molecule has 0 unspecified atom stereocenters. The SMILES string of the molecule is CC(C)=O.CC(C)=O.CC(C)=O.CC(C)=O.Cl. The van der Waals surface area contributed by atoms with E-state index in [0.717, 1.165) is 0 Å². The van der Waals surface area contributed by atoms with Crippen LogP contribution in [0.4, 0.5) is 0 Å². The van der Waals surface area contributed by atoms with Crippen LogP contribution in [0.15, 0.2) is 0 Å². The number of rotatable bonds is 0. The average molecular weight is 269 g/mol. The number of halogens is 1. The van der Waals surface area contributed by atoms with Gasteiger partial charge in [-0.3, -0.25) is 0 Å². The molecule has 0 saturated carbocycles. The highest BCUT2D eigenvalue weighted by atomic mass is 35.5. The van der Waals surface area contributed by atoms with Gasteiger partial charge in [0.25, 0.3) is 0 Å². The van der Waals surface area contributed by atoms with E-state index < -0.39 is 0 Å². The van der Waals surface area contributed by atoms with Crippen molar-refractivity contribution in [3.8, 4) is 0 Å². The Morgan fingerprint density at radius 2 is 0.412 bits per heavy atom. The summed E-state index contributed by atoms with van der Waals surface area (Å²) in [4.78, 5) is 37.8. The summed E-state index contributed by atoms with van der Waals surface area (Å²) in [6, 6.07) is 0. The summed E-state index contributed by atoms with van der Waals surface area (Å²) in [6.07, 6.45) is 0. The van der Waals surface area contributed by atoms with Gasteiger partial charge in [-0.1, -0.05) is 0 Å². The van der Waals surface area contributed by atoms with Gasteiger partial charge in [-0.25, -0.2) is 0 Å². The smallest absolute Gasteiger partial charge is 0.126 e. The van der Waals surface area contributed by atoms with Gasteiger partial charge < -0.3 is 19.2 Å². The highest BCUT2D eigenvalue weighted by Crippen LogP contribution is 1.51. The molecule has 0 aliphatic rings. The summed E-state index contributed by atoms with van der Waals surface area (Å²) in [5.74, 6) is 0.667. The molecule has 0 spiro atoms. The van der Waals surface area contributed by atoms with Crippen molar-refractivity contribution in [2.24, 2.45) is 0 Å². The zero-order chi connectivity index (χ0) is 14.3. The van der Waals surface area contributed by atoms with E-state index in [2.05, 4.69) is 0 Å². The molecule has 4 nitrogen and oxygen atoms in total. The van der Waals surface area contributed by atoms with E-state index in [4.69, 9.17) is 0 Å². The lowest BCUT2D eigenvalue weighted by Crippen LogP contribution is -1.69. The van der Waals surface area contributed by atoms with Crippen LogP contribution in [0.25, 0.3) is 0 Å². The maximum absolute atomic E-state index is 9.44. The Balaban J connectivity index is -0.0000000369. The standard InChI is InChI=1S/4C3H6O.ClH/c4*1-3(2)4;/h4*1-2H3;1H. The predicted molar refractivity (Wildman–Crippen MR) is 72.7 cm³/mol. The third-order valence-electron chi connectivity index (χ3n) is 0. The molecule has 0 bridgehead atoms. The van der Waals surface area contributed by atoms with Crippen molar-refractivity contribution >= 4 is 35.5 Å². The van der Waals surface area contributed by atoms with Crippen LogP contribution in [0, 0.1) is 0 Å². The molecule has 0 saturated heterocycles. The largest absolute Gasteiger partial charge is 0.300 e. The summed E-state index contributed by atoms with van der Waals surface area (Å²) in [7, 11) is 0. The number of Topliss-reactive ketones (excluding diaryl/α,β-unsaturated/α-hetero) is 4. The Bertz CT molecular complexity index is 159. The number of hydrogen-bond acceptors (Lipinski definition) is 4. The molecule has 0 aromatic rings.